The summed E-state index contributed by atoms with van der Waals surface area (Å²) >= 11 is 5.99. The molecular weight excluding hydrogens is 314 g/mol. The second-order valence-corrected chi connectivity index (χ2v) is 6.48. The van der Waals surface area contributed by atoms with Gasteiger partial charge in [0.1, 0.15) is 11.8 Å². The SMILES string of the molecule is Cc1cc(O)c(C(C)C)cc1NC(=O)C(C)n1ncc(Cl)c1C. The molecule has 6 heteroatoms. The third-order valence-electron chi connectivity index (χ3n) is 3.98. The zero-order valence-corrected chi connectivity index (χ0v) is 14.8. The maximum absolute atomic E-state index is 12.5. The van der Waals surface area contributed by atoms with Crippen LogP contribution in [0.15, 0.2) is 18.3 Å². The molecule has 1 aromatic carbocycles. The van der Waals surface area contributed by atoms with Crippen molar-refractivity contribution in [2.45, 2.75) is 46.6 Å². The maximum atomic E-state index is 12.5. The van der Waals surface area contributed by atoms with Crippen LogP contribution < -0.4 is 5.32 Å². The van der Waals surface area contributed by atoms with Crippen molar-refractivity contribution < 1.29 is 9.90 Å². The molecule has 1 heterocycles. The van der Waals surface area contributed by atoms with Gasteiger partial charge >= 0.3 is 0 Å². The molecule has 2 aromatic rings. The van der Waals surface area contributed by atoms with Gasteiger partial charge in [0.15, 0.2) is 0 Å². The van der Waals surface area contributed by atoms with Crippen molar-refractivity contribution in [1.82, 2.24) is 9.78 Å². The van der Waals surface area contributed by atoms with Gasteiger partial charge in [-0.3, -0.25) is 9.48 Å². The quantitative estimate of drug-likeness (QED) is 0.823. The summed E-state index contributed by atoms with van der Waals surface area (Å²) in [7, 11) is 0. The number of benzene rings is 1. The number of amides is 1. The summed E-state index contributed by atoms with van der Waals surface area (Å²) in [5.41, 5.74) is 3.05. The van der Waals surface area contributed by atoms with Gasteiger partial charge < -0.3 is 10.4 Å². The first-order chi connectivity index (χ1) is 10.7. The number of carbonyl (C=O) groups is 1. The van der Waals surface area contributed by atoms with E-state index in [0.717, 1.165) is 16.8 Å². The monoisotopic (exact) mass is 335 g/mol. The lowest BCUT2D eigenvalue weighted by molar-refractivity contribution is -0.119. The lowest BCUT2D eigenvalue weighted by Crippen LogP contribution is -2.25. The number of nitrogens with zero attached hydrogens (tertiary/aromatic N) is 2. The fourth-order valence-electron chi connectivity index (χ4n) is 2.45. The van der Waals surface area contributed by atoms with E-state index in [1.807, 2.05) is 33.8 Å². The highest BCUT2D eigenvalue weighted by Crippen LogP contribution is 2.31. The molecule has 1 atom stereocenters. The molecule has 23 heavy (non-hydrogen) atoms. The smallest absolute Gasteiger partial charge is 0.248 e. The Hall–Kier alpha value is -2.01. The molecule has 0 spiro atoms. The number of aromatic nitrogens is 2. The van der Waals surface area contributed by atoms with E-state index in [9.17, 15) is 9.90 Å². The highest BCUT2D eigenvalue weighted by Gasteiger charge is 2.20. The Balaban J connectivity index is 2.26. The Morgan fingerprint density at radius 2 is 1.96 bits per heavy atom. The largest absolute Gasteiger partial charge is 0.508 e. The first-order valence-electron chi connectivity index (χ1n) is 7.56. The van der Waals surface area contributed by atoms with E-state index >= 15 is 0 Å². The number of hydrogen-bond donors (Lipinski definition) is 2. The summed E-state index contributed by atoms with van der Waals surface area (Å²) in [5.74, 6) is 0.227. The van der Waals surface area contributed by atoms with E-state index < -0.39 is 6.04 Å². The average Bonchev–Trinajstić information content (AvgIpc) is 2.80. The molecule has 2 N–H and O–H groups in total. The number of rotatable bonds is 4. The molecule has 0 fully saturated rings. The van der Waals surface area contributed by atoms with Crippen LogP contribution >= 0.6 is 11.6 Å². The summed E-state index contributed by atoms with van der Waals surface area (Å²) in [6.07, 6.45) is 1.53. The zero-order valence-electron chi connectivity index (χ0n) is 14.0. The standard InChI is InChI=1S/C17H22ClN3O2/c1-9(2)13-7-15(10(3)6-16(13)22)20-17(23)12(5)21-11(4)14(18)8-19-21/h6-9,12,22H,1-5H3,(H,20,23). The van der Waals surface area contributed by atoms with Gasteiger partial charge in [-0.2, -0.15) is 5.10 Å². The van der Waals surface area contributed by atoms with Gasteiger partial charge in [0, 0.05) is 5.69 Å². The molecule has 1 amide bonds. The lowest BCUT2D eigenvalue weighted by Gasteiger charge is -2.18. The first-order valence-corrected chi connectivity index (χ1v) is 7.94. The molecule has 0 aliphatic rings. The fourth-order valence-corrected chi connectivity index (χ4v) is 2.58. The zero-order chi connectivity index (χ0) is 17.3. The number of carbonyl (C=O) groups excluding carboxylic acids is 1. The van der Waals surface area contributed by atoms with Crippen LogP contribution in [-0.2, 0) is 4.79 Å². The Kier molecular flexibility index (Phi) is 5.00. The molecule has 5 nitrogen and oxygen atoms in total. The molecule has 124 valence electrons. The number of phenolic OH excluding ortho intramolecular Hbond substituents is 1. The van der Waals surface area contributed by atoms with Gasteiger partial charge in [-0.15, -0.1) is 0 Å². The van der Waals surface area contributed by atoms with Crippen molar-refractivity contribution in [3.05, 3.63) is 40.2 Å². The van der Waals surface area contributed by atoms with Crippen LogP contribution in [0.3, 0.4) is 0 Å². The third kappa shape index (κ3) is 3.50. The first kappa shape index (κ1) is 17.3. The number of aromatic hydroxyl groups is 1. The number of nitrogens with one attached hydrogen (secondary N) is 1. The van der Waals surface area contributed by atoms with Crippen LogP contribution in [0.2, 0.25) is 5.02 Å². The number of phenols is 1. The number of aryl methyl sites for hydroxylation is 1. The van der Waals surface area contributed by atoms with E-state index in [4.69, 9.17) is 11.6 Å². The summed E-state index contributed by atoms with van der Waals surface area (Å²) in [4.78, 5) is 12.5. The molecule has 0 radical (unpaired) electrons. The van der Waals surface area contributed by atoms with E-state index in [2.05, 4.69) is 10.4 Å². The minimum atomic E-state index is -0.488. The maximum Gasteiger partial charge on any atom is 0.248 e. The van der Waals surface area contributed by atoms with Gasteiger partial charge in [0.05, 0.1) is 16.9 Å². The second kappa shape index (κ2) is 6.62. The van der Waals surface area contributed by atoms with Gasteiger partial charge in [0.25, 0.3) is 0 Å². The predicted octanol–water partition coefficient (Wildman–Crippen LogP) is 4.18. The topological polar surface area (TPSA) is 67.2 Å². The summed E-state index contributed by atoms with van der Waals surface area (Å²) in [6, 6.07) is 3.01. The fraction of sp³-hybridized carbons (Fsp3) is 0.412. The van der Waals surface area contributed by atoms with E-state index in [1.165, 1.54) is 6.20 Å². The van der Waals surface area contributed by atoms with Crippen LogP contribution in [0.1, 0.15) is 49.6 Å². The highest BCUT2D eigenvalue weighted by atomic mass is 35.5. The second-order valence-electron chi connectivity index (χ2n) is 6.07. The van der Waals surface area contributed by atoms with Crippen LogP contribution in [0.4, 0.5) is 5.69 Å². The van der Waals surface area contributed by atoms with Crippen molar-refractivity contribution in [3.8, 4) is 5.75 Å². The summed E-state index contributed by atoms with van der Waals surface area (Å²) < 4.78 is 1.59. The predicted molar refractivity (Wildman–Crippen MR) is 92.2 cm³/mol. The van der Waals surface area contributed by atoms with Gasteiger partial charge in [-0.1, -0.05) is 25.4 Å². The van der Waals surface area contributed by atoms with Gasteiger partial charge in [-0.25, -0.2) is 0 Å². The van der Waals surface area contributed by atoms with Crippen molar-refractivity contribution >= 4 is 23.2 Å². The molecule has 0 aliphatic heterocycles. The van der Waals surface area contributed by atoms with Gasteiger partial charge in [-0.05, 0) is 49.9 Å². The molecule has 0 bridgehead atoms. The third-order valence-corrected chi connectivity index (χ3v) is 4.36. The van der Waals surface area contributed by atoms with Crippen molar-refractivity contribution in [2.24, 2.45) is 0 Å². The van der Waals surface area contributed by atoms with Crippen LogP contribution in [0.25, 0.3) is 0 Å². The molecule has 1 aromatic heterocycles. The van der Waals surface area contributed by atoms with E-state index in [0.29, 0.717) is 10.7 Å². The molecule has 0 aliphatic carbocycles. The van der Waals surface area contributed by atoms with Crippen molar-refractivity contribution in [2.75, 3.05) is 5.32 Å². The Morgan fingerprint density at radius 3 is 2.48 bits per heavy atom. The van der Waals surface area contributed by atoms with Crippen molar-refractivity contribution in [1.29, 1.82) is 0 Å². The Morgan fingerprint density at radius 1 is 1.30 bits per heavy atom. The molecular formula is C17H22ClN3O2. The van der Waals surface area contributed by atoms with E-state index in [1.54, 1.807) is 17.7 Å². The number of halogens is 1. The van der Waals surface area contributed by atoms with Crippen LogP contribution in [0, 0.1) is 13.8 Å². The normalized spacial score (nSPS) is 12.5. The molecule has 2 rings (SSSR count). The molecule has 0 saturated heterocycles. The lowest BCUT2D eigenvalue weighted by atomic mass is 9.99. The molecule has 1 unspecified atom stereocenters. The summed E-state index contributed by atoms with van der Waals surface area (Å²) in [6.45, 7) is 9.42. The minimum absolute atomic E-state index is 0.163. The van der Waals surface area contributed by atoms with Crippen LogP contribution in [-0.4, -0.2) is 20.8 Å². The van der Waals surface area contributed by atoms with Crippen molar-refractivity contribution in [3.63, 3.8) is 0 Å². The molecule has 0 saturated carbocycles. The van der Waals surface area contributed by atoms with Crippen LogP contribution in [0.5, 0.6) is 5.75 Å². The Labute approximate surface area is 141 Å². The number of anilines is 1. The highest BCUT2D eigenvalue weighted by molar-refractivity contribution is 6.31. The number of hydrogen-bond acceptors (Lipinski definition) is 3. The van der Waals surface area contributed by atoms with E-state index in [-0.39, 0.29) is 17.6 Å². The van der Waals surface area contributed by atoms with Gasteiger partial charge in [0.2, 0.25) is 5.91 Å². The Bertz CT molecular complexity index is 738. The average molecular weight is 336 g/mol. The minimum Gasteiger partial charge on any atom is -0.508 e. The summed E-state index contributed by atoms with van der Waals surface area (Å²) in [5, 5.41) is 17.6.